The van der Waals surface area contributed by atoms with Crippen LogP contribution >= 0.6 is 23.2 Å². The van der Waals surface area contributed by atoms with Crippen LogP contribution in [0.5, 0.6) is 11.6 Å². The third-order valence-electron chi connectivity index (χ3n) is 9.15. The molecule has 3 aromatic heterocycles. The second kappa shape index (κ2) is 12.7. The predicted molar refractivity (Wildman–Crippen MR) is 180 cm³/mol. The first-order valence-corrected chi connectivity index (χ1v) is 16.4. The molecular formula is C34H35Cl2N7O3. The molecule has 238 valence electrons. The number of halogens is 2. The molecule has 1 amide bonds. The van der Waals surface area contributed by atoms with E-state index in [1.54, 1.807) is 47.2 Å². The first kappa shape index (κ1) is 30.7. The highest BCUT2D eigenvalue weighted by Crippen LogP contribution is 2.36. The number of nitrogens with two attached hydrogens (primary N) is 1. The Hall–Kier alpha value is -3.96. The van der Waals surface area contributed by atoms with Crippen molar-refractivity contribution in [3.63, 3.8) is 0 Å². The van der Waals surface area contributed by atoms with Crippen molar-refractivity contribution in [2.24, 2.45) is 5.73 Å². The predicted octanol–water partition coefficient (Wildman–Crippen LogP) is 5.72. The highest BCUT2D eigenvalue weighted by atomic mass is 35.5. The number of carbonyl (C=O) groups excluding carboxylic acids is 1. The topological polar surface area (TPSA) is 112 Å². The summed E-state index contributed by atoms with van der Waals surface area (Å²) in [5, 5.41) is 1.54. The lowest BCUT2D eigenvalue weighted by Crippen LogP contribution is -2.47. The van der Waals surface area contributed by atoms with Gasteiger partial charge in [-0.1, -0.05) is 29.3 Å². The maximum Gasteiger partial charge on any atom is 0.330 e. The number of nitrogens with zero attached hydrogens (tertiary/aromatic N) is 6. The van der Waals surface area contributed by atoms with Crippen molar-refractivity contribution < 1.29 is 9.53 Å². The summed E-state index contributed by atoms with van der Waals surface area (Å²) in [5.41, 5.74) is 9.24. The van der Waals surface area contributed by atoms with Crippen molar-refractivity contribution >= 4 is 51.2 Å². The first-order chi connectivity index (χ1) is 22.3. The molecule has 1 aliphatic heterocycles. The van der Waals surface area contributed by atoms with Crippen LogP contribution in [0.2, 0.25) is 10.0 Å². The zero-order valence-electron chi connectivity index (χ0n) is 25.5. The molecule has 2 fully saturated rings. The fourth-order valence-corrected chi connectivity index (χ4v) is 6.84. The molecule has 2 aliphatic rings. The van der Waals surface area contributed by atoms with Gasteiger partial charge in [0.15, 0.2) is 5.65 Å². The van der Waals surface area contributed by atoms with Crippen LogP contribution in [-0.2, 0) is 6.54 Å². The number of fused-ring (bicyclic) bond motifs is 3. The monoisotopic (exact) mass is 659 g/mol. The van der Waals surface area contributed by atoms with Gasteiger partial charge in [0.25, 0.3) is 5.91 Å². The Kier molecular flexibility index (Phi) is 8.46. The molecule has 10 nitrogen and oxygen atoms in total. The quantitative estimate of drug-likeness (QED) is 0.248. The van der Waals surface area contributed by atoms with Crippen LogP contribution in [0, 0.1) is 0 Å². The molecule has 0 spiro atoms. The molecule has 46 heavy (non-hydrogen) atoms. The van der Waals surface area contributed by atoms with E-state index in [-0.39, 0.29) is 30.2 Å². The molecule has 7 rings (SSSR count). The van der Waals surface area contributed by atoms with E-state index < -0.39 is 0 Å². The number of ether oxygens (including phenoxy) is 1. The Balaban J connectivity index is 1.30. The molecule has 5 aromatic rings. The van der Waals surface area contributed by atoms with Gasteiger partial charge in [0.1, 0.15) is 16.8 Å². The summed E-state index contributed by atoms with van der Waals surface area (Å²) in [6, 6.07) is 16.3. The van der Waals surface area contributed by atoms with Gasteiger partial charge in [0.05, 0.1) is 22.0 Å². The van der Waals surface area contributed by atoms with Crippen LogP contribution in [0.25, 0.3) is 22.1 Å². The van der Waals surface area contributed by atoms with Gasteiger partial charge in [-0.25, -0.2) is 4.79 Å². The minimum Gasteiger partial charge on any atom is -0.438 e. The molecule has 0 unspecified atom stereocenters. The number of benzene rings is 2. The maximum atomic E-state index is 14.3. The lowest BCUT2D eigenvalue weighted by molar-refractivity contribution is 0.0664. The number of rotatable bonds is 6. The number of pyridine rings is 2. The Morgan fingerprint density at radius 1 is 0.978 bits per heavy atom. The molecule has 2 aromatic carbocycles. The lowest BCUT2D eigenvalue weighted by Gasteiger charge is -2.32. The molecule has 0 radical (unpaired) electrons. The van der Waals surface area contributed by atoms with Crippen LogP contribution in [0.3, 0.4) is 0 Å². The van der Waals surface area contributed by atoms with Crippen LogP contribution in [-0.4, -0.2) is 74.1 Å². The van der Waals surface area contributed by atoms with E-state index in [1.165, 1.54) is 0 Å². The van der Waals surface area contributed by atoms with Gasteiger partial charge in [0.2, 0.25) is 5.88 Å². The zero-order chi connectivity index (χ0) is 31.9. The molecule has 0 atom stereocenters. The van der Waals surface area contributed by atoms with Gasteiger partial charge in [-0.3, -0.25) is 18.9 Å². The summed E-state index contributed by atoms with van der Waals surface area (Å²) < 4.78 is 9.89. The highest BCUT2D eigenvalue weighted by Gasteiger charge is 2.29. The van der Waals surface area contributed by atoms with Crippen molar-refractivity contribution in [2.75, 3.05) is 33.2 Å². The average Bonchev–Trinajstić information content (AvgIpc) is 3.34. The third kappa shape index (κ3) is 5.86. The van der Waals surface area contributed by atoms with E-state index in [9.17, 15) is 9.59 Å². The standard InChI is InChI=1S/C34H35Cl2N7O3/c1-40-15-17-41(18-16-40)33(44)22-5-11-25(12-6-22)46-32-26-3-2-14-38-29(26)30-31(39-32)42(20-21-4-13-27(35)28(36)19-21)34(45)43(30)24-9-7-23(37)8-10-24/h2-6,11-14,19,23-24H,7-10,15-18,20,37H2,1H3. The number of aromatic nitrogens is 4. The number of hydrogen-bond donors (Lipinski definition) is 1. The summed E-state index contributed by atoms with van der Waals surface area (Å²) in [4.78, 5) is 41.2. The van der Waals surface area contributed by atoms with Gasteiger partial charge < -0.3 is 20.3 Å². The molecular weight excluding hydrogens is 625 g/mol. The maximum absolute atomic E-state index is 14.3. The highest BCUT2D eigenvalue weighted by molar-refractivity contribution is 6.42. The van der Waals surface area contributed by atoms with Gasteiger partial charge in [0, 0.05) is 50.0 Å². The second-order valence-electron chi connectivity index (χ2n) is 12.3. The van der Waals surface area contributed by atoms with E-state index in [4.69, 9.17) is 43.6 Å². The van der Waals surface area contributed by atoms with Crippen LogP contribution in [0.15, 0.2) is 65.6 Å². The SMILES string of the molecule is CN1CCN(C(=O)c2ccc(Oc3nc4c(c5ncccc35)n(C3CCC(N)CC3)c(=O)n4Cc3ccc(Cl)c(Cl)c3)cc2)CC1. The van der Waals surface area contributed by atoms with Crippen LogP contribution in [0.4, 0.5) is 0 Å². The average molecular weight is 661 g/mol. The van der Waals surface area contributed by atoms with Crippen molar-refractivity contribution in [1.29, 1.82) is 0 Å². The fourth-order valence-electron chi connectivity index (χ4n) is 6.52. The van der Waals surface area contributed by atoms with E-state index >= 15 is 0 Å². The Morgan fingerprint density at radius 2 is 1.72 bits per heavy atom. The van der Waals surface area contributed by atoms with Crippen molar-refractivity contribution in [1.82, 2.24) is 28.9 Å². The Labute approximate surface area is 276 Å². The summed E-state index contributed by atoms with van der Waals surface area (Å²) >= 11 is 12.5. The minimum absolute atomic E-state index is 0.00479. The number of piperazine rings is 1. The van der Waals surface area contributed by atoms with Gasteiger partial charge in [-0.05, 0) is 86.8 Å². The number of carbonyl (C=O) groups is 1. The normalized spacial score (nSPS) is 19.2. The fraction of sp³-hybridized carbons (Fsp3) is 0.353. The molecule has 1 aliphatic carbocycles. The van der Waals surface area contributed by atoms with Gasteiger partial charge in [-0.15, -0.1) is 0 Å². The smallest absolute Gasteiger partial charge is 0.330 e. The Morgan fingerprint density at radius 3 is 2.43 bits per heavy atom. The molecule has 12 heteroatoms. The zero-order valence-corrected chi connectivity index (χ0v) is 27.0. The van der Waals surface area contributed by atoms with E-state index in [0.29, 0.717) is 62.4 Å². The Bertz CT molecular complexity index is 1980. The van der Waals surface area contributed by atoms with Crippen LogP contribution in [0.1, 0.15) is 47.6 Å². The summed E-state index contributed by atoms with van der Waals surface area (Å²) in [5.74, 6) is 0.843. The number of hydrogen-bond acceptors (Lipinski definition) is 7. The van der Waals surface area contributed by atoms with Crippen LogP contribution < -0.4 is 16.2 Å². The van der Waals surface area contributed by atoms with E-state index in [1.807, 2.05) is 27.7 Å². The minimum atomic E-state index is -0.176. The summed E-state index contributed by atoms with van der Waals surface area (Å²) in [7, 11) is 2.06. The van der Waals surface area contributed by atoms with Crippen molar-refractivity contribution in [3.8, 4) is 11.6 Å². The van der Waals surface area contributed by atoms with Gasteiger partial charge in [-0.2, -0.15) is 4.98 Å². The molecule has 1 saturated heterocycles. The van der Waals surface area contributed by atoms with E-state index in [2.05, 4.69) is 11.9 Å². The van der Waals surface area contributed by atoms with E-state index in [0.717, 1.165) is 44.3 Å². The number of amides is 1. The van der Waals surface area contributed by atoms with Crippen molar-refractivity contribution in [2.45, 2.75) is 44.3 Å². The summed E-state index contributed by atoms with van der Waals surface area (Å²) in [6.07, 6.45) is 4.97. The molecule has 4 heterocycles. The third-order valence-corrected chi connectivity index (χ3v) is 9.89. The van der Waals surface area contributed by atoms with Crippen molar-refractivity contribution in [3.05, 3.63) is 92.5 Å². The van der Waals surface area contributed by atoms with Gasteiger partial charge >= 0.3 is 5.69 Å². The summed E-state index contributed by atoms with van der Waals surface area (Å²) in [6.45, 7) is 3.35. The number of likely N-dealkylation sites (N-methyl/N-ethyl adjacent to an activating group) is 1. The number of imidazole rings is 1. The largest absolute Gasteiger partial charge is 0.438 e. The first-order valence-electron chi connectivity index (χ1n) is 15.6. The second-order valence-corrected chi connectivity index (χ2v) is 13.1. The molecule has 2 N–H and O–H groups in total. The molecule has 0 bridgehead atoms. The lowest BCUT2D eigenvalue weighted by atomic mass is 9.91. The molecule has 1 saturated carbocycles.